The van der Waals surface area contributed by atoms with Gasteiger partial charge in [0.1, 0.15) is 0 Å². The number of pyridine rings is 1. The van der Waals surface area contributed by atoms with E-state index in [0.29, 0.717) is 6.61 Å². The molecule has 0 atom stereocenters. The first-order valence-electron chi connectivity index (χ1n) is 3.55. The predicted molar refractivity (Wildman–Crippen MR) is 42.8 cm³/mol. The van der Waals surface area contributed by atoms with Gasteiger partial charge in [0.15, 0.2) is 0 Å². The van der Waals surface area contributed by atoms with Crippen molar-refractivity contribution in [1.29, 1.82) is 0 Å². The van der Waals surface area contributed by atoms with Crippen LogP contribution in [0.1, 0.15) is 11.1 Å². The molecule has 3 heteroatoms. The SMILES string of the molecule is Cc1cncc(CCON)c1. The van der Waals surface area contributed by atoms with E-state index in [1.165, 1.54) is 5.56 Å². The lowest BCUT2D eigenvalue weighted by Gasteiger charge is -1.99. The maximum atomic E-state index is 4.89. The van der Waals surface area contributed by atoms with E-state index in [-0.39, 0.29) is 0 Å². The average Bonchev–Trinajstić information content (AvgIpc) is 2.01. The summed E-state index contributed by atoms with van der Waals surface area (Å²) in [5, 5.41) is 0. The van der Waals surface area contributed by atoms with Crippen LogP contribution in [0, 0.1) is 6.92 Å². The normalized spacial score (nSPS) is 10.0. The molecule has 60 valence electrons. The van der Waals surface area contributed by atoms with E-state index in [9.17, 15) is 0 Å². The minimum absolute atomic E-state index is 0.547. The number of nitrogens with two attached hydrogens (primary N) is 1. The quantitative estimate of drug-likeness (QED) is 0.652. The molecule has 0 amide bonds. The van der Waals surface area contributed by atoms with Gasteiger partial charge < -0.3 is 4.84 Å². The van der Waals surface area contributed by atoms with Gasteiger partial charge in [-0.2, -0.15) is 0 Å². The minimum atomic E-state index is 0.547. The van der Waals surface area contributed by atoms with Gasteiger partial charge in [0.2, 0.25) is 0 Å². The molecule has 0 fully saturated rings. The summed E-state index contributed by atoms with van der Waals surface area (Å²) in [5.74, 6) is 4.89. The highest BCUT2D eigenvalue weighted by atomic mass is 16.6. The van der Waals surface area contributed by atoms with Crippen LogP contribution in [-0.2, 0) is 11.3 Å². The van der Waals surface area contributed by atoms with Crippen LogP contribution >= 0.6 is 0 Å². The number of hydrogen-bond donors (Lipinski definition) is 1. The van der Waals surface area contributed by atoms with E-state index in [0.717, 1.165) is 12.0 Å². The Morgan fingerprint density at radius 1 is 1.55 bits per heavy atom. The molecule has 0 bridgehead atoms. The van der Waals surface area contributed by atoms with Gasteiger partial charge in [-0.05, 0) is 24.5 Å². The maximum absolute atomic E-state index is 4.89. The zero-order valence-corrected chi connectivity index (χ0v) is 6.58. The fourth-order valence-electron chi connectivity index (χ4n) is 0.931. The largest absolute Gasteiger partial charge is 0.304 e. The summed E-state index contributed by atoms with van der Waals surface area (Å²) in [6.45, 7) is 2.56. The summed E-state index contributed by atoms with van der Waals surface area (Å²) in [4.78, 5) is 8.50. The van der Waals surface area contributed by atoms with E-state index >= 15 is 0 Å². The second-order valence-corrected chi connectivity index (χ2v) is 2.49. The molecule has 0 aliphatic heterocycles. The van der Waals surface area contributed by atoms with Crippen molar-refractivity contribution in [3.63, 3.8) is 0 Å². The summed E-state index contributed by atoms with van der Waals surface area (Å²) in [7, 11) is 0. The fourth-order valence-corrected chi connectivity index (χ4v) is 0.931. The molecule has 1 heterocycles. The Hall–Kier alpha value is -0.930. The molecule has 0 aromatic carbocycles. The highest BCUT2D eigenvalue weighted by Gasteiger charge is 1.92. The van der Waals surface area contributed by atoms with Crippen molar-refractivity contribution < 1.29 is 4.84 Å². The number of hydrogen-bond acceptors (Lipinski definition) is 3. The van der Waals surface area contributed by atoms with Crippen molar-refractivity contribution in [2.75, 3.05) is 6.61 Å². The van der Waals surface area contributed by atoms with Gasteiger partial charge in [-0.1, -0.05) is 6.07 Å². The van der Waals surface area contributed by atoms with Gasteiger partial charge in [-0.3, -0.25) is 4.98 Å². The fraction of sp³-hybridized carbons (Fsp3) is 0.375. The van der Waals surface area contributed by atoms with Gasteiger partial charge >= 0.3 is 0 Å². The molecule has 0 unspecified atom stereocenters. The molecule has 0 aliphatic carbocycles. The van der Waals surface area contributed by atoms with E-state index in [1.807, 2.05) is 19.3 Å². The maximum Gasteiger partial charge on any atom is 0.0720 e. The number of aryl methyl sites for hydroxylation is 1. The van der Waals surface area contributed by atoms with Crippen LogP contribution in [0.15, 0.2) is 18.5 Å². The van der Waals surface area contributed by atoms with E-state index in [1.54, 1.807) is 0 Å². The summed E-state index contributed by atoms with van der Waals surface area (Å²) in [5.41, 5.74) is 2.33. The lowest BCUT2D eigenvalue weighted by Crippen LogP contribution is -2.03. The third kappa shape index (κ3) is 2.65. The number of aromatic nitrogens is 1. The van der Waals surface area contributed by atoms with Gasteiger partial charge in [0.25, 0.3) is 0 Å². The molecule has 0 radical (unpaired) electrons. The van der Waals surface area contributed by atoms with Crippen LogP contribution < -0.4 is 5.90 Å². The second kappa shape index (κ2) is 4.05. The molecule has 1 aromatic heterocycles. The van der Waals surface area contributed by atoms with Crippen LogP contribution in [0.5, 0.6) is 0 Å². The Labute approximate surface area is 66.2 Å². The number of rotatable bonds is 3. The van der Waals surface area contributed by atoms with Gasteiger partial charge in [0, 0.05) is 12.4 Å². The van der Waals surface area contributed by atoms with Crippen LogP contribution in [0.2, 0.25) is 0 Å². The zero-order valence-electron chi connectivity index (χ0n) is 6.58. The summed E-state index contributed by atoms with van der Waals surface area (Å²) < 4.78 is 0. The van der Waals surface area contributed by atoms with Crippen molar-refractivity contribution in [3.05, 3.63) is 29.6 Å². The molecule has 3 nitrogen and oxygen atoms in total. The summed E-state index contributed by atoms with van der Waals surface area (Å²) >= 11 is 0. The second-order valence-electron chi connectivity index (χ2n) is 2.49. The molecule has 0 aliphatic rings. The van der Waals surface area contributed by atoms with Crippen molar-refractivity contribution in [2.45, 2.75) is 13.3 Å². The molecule has 0 saturated heterocycles. The Morgan fingerprint density at radius 2 is 2.36 bits per heavy atom. The van der Waals surface area contributed by atoms with Crippen LogP contribution in [0.4, 0.5) is 0 Å². The van der Waals surface area contributed by atoms with Gasteiger partial charge in [-0.15, -0.1) is 0 Å². The third-order valence-electron chi connectivity index (χ3n) is 1.44. The highest BCUT2D eigenvalue weighted by molar-refractivity contribution is 5.16. The van der Waals surface area contributed by atoms with E-state index < -0.39 is 0 Å². The van der Waals surface area contributed by atoms with E-state index in [2.05, 4.69) is 15.9 Å². The van der Waals surface area contributed by atoms with Crippen molar-refractivity contribution in [3.8, 4) is 0 Å². The topological polar surface area (TPSA) is 48.1 Å². The molecule has 1 rings (SSSR count). The molecule has 1 aromatic rings. The number of nitrogens with zero attached hydrogens (tertiary/aromatic N) is 1. The zero-order chi connectivity index (χ0) is 8.10. The standard InChI is InChI=1S/C8H12N2O/c1-7-4-8(2-3-11-9)6-10-5-7/h4-6H,2-3,9H2,1H3. The average molecular weight is 152 g/mol. The predicted octanol–water partition coefficient (Wildman–Crippen LogP) is 0.823. The first-order chi connectivity index (χ1) is 5.33. The van der Waals surface area contributed by atoms with Crippen LogP contribution in [0.3, 0.4) is 0 Å². The Balaban J connectivity index is 2.56. The Kier molecular flexibility index (Phi) is 3.01. The third-order valence-corrected chi connectivity index (χ3v) is 1.44. The first-order valence-corrected chi connectivity index (χ1v) is 3.55. The Morgan fingerprint density at radius 3 is 3.00 bits per heavy atom. The molecule has 0 spiro atoms. The van der Waals surface area contributed by atoms with Crippen molar-refractivity contribution >= 4 is 0 Å². The van der Waals surface area contributed by atoms with Gasteiger partial charge in [-0.25, -0.2) is 5.90 Å². The highest BCUT2D eigenvalue weighted by Crippen LogP contribution is 2.01. The lowest BCUT2D eigenvalue weighted by molar-refractivity contribution is 0.141. The van der Waals surface area contributed by atoms with E-state index in [4.69, 9.17) is 5.90 Å². The molecule has 2 N–H and O–H groups in total. The Bertz CT molecular complexity index is 225. The minimum Gasteiger partial charge on any atom is -0.304 e. The lowest BCUT2D eigenvalue weighted by atomic mass is 10.2. The van der Waals surface area contributed by atoms with Crippen LogP contribution in [0.25, 0.3) is 0 Å². The molecule has 11 heavy (non-hydrogen) atoms. The van der Waals surface area contributed by atoms with Crippen LogP contribution in [-0.4, -0.2) is 11.6 Å². The molecular formula is C8H12N2O. The van der Waals surface area contributed by atoms with Gasteiger partial charge in [0.05, 0.1) is 6.61 Å². The smallest absolute Gasteiger partial charge is 0.0720 e. The first kappa shape index (κ1) is 8.17. The molecule has 0 saturated carbocycles. The summed E-state index contributed by atoms with van der Waals surface area (Å²) in [6.07, 6.45) is 4.48. The molecular weight excluding hydrogens is 140 g/mol. The van der Waals surface area contributed by atoms with Crippen molar-refractivity contribution in [2.24, 2.45) is 5.90 Å². The summed E-state index contributed by atoms with van der Waals surface area (Å²) in [6, 6.07) is 2.08. The van der Waals surface area contributed by atoms with Crippen molar-refractivity contribution in [1.82, 2.24) is 4.98 Å². The monoisotopic (exact) mass is 152 g/mol.